The fourth-order valence-corrected chi connectivity index (χ4v) is 1.32. The summed E-state index contributed by atoms with van der Waals surface area (Å²) >= 11 is 0. The highest BCUT2D eigenvalue weighted by molar-refractivity contribution is 5.51. The van der Waals surface area contributed by atoms with Crippen LogP contribution in [-0.4, -0.2) is 19.8 Å². The minimum atomic E-state index is 0.594. The van der Waals surface area contributed by atoms with Crippen LogP contribution in [0.1, 0.15) is 6.92 Å². The Labute approximate surface area is 77.2 Å². The zero-order valence-corrected chi connectivity index (χ0v) is 7.58. The van der Waals surface area contributed by atoms with Gasteiger partial charge < -0.3 is 14.2 Å². The van der Waals surface area contributed by atoms with Crippen LogP contribution in [0.2, 0.25) is 0 Å². The summed E-state index contributed by atoms with van der Waals surface area (Å²) in [7, 11) is 0. The fraction of sp³-hybridized carbons (Fsp3) is 0.400. The monoisotopic (exact) mass is 180 g/mol. The van der Waals surface area contributed by atoms with E-state index < -0.39 is 0 Å². The van der Waals surface area contributed by atoms with E-state index in [0.717, 1.165) is 17.2 Å². The van der Waals surface area contributed by atoms with E-state index in [4.69, 9.17) is 14.2 Å². The van der Waals surface area contributed by atoms with Gasteiger partial charge in [-0.1, -0.05) is 6.07 Å². The molecule has 3 heteroatoms. The molecule has 0 N–H and O–H groups in total. The molecule has 0 spiro atoms. The van der Waals surface area contributed by atoms with Crippen LogP contribution in [0.25, 0.3) is 0 Å². The molecule has 0 fully saturated rings. The van der Waals surface area contributed by atoms with Crippen molar-refractivity contribution in [2.75, 3.05) is 19.8 Å². The molecule has 0 atom stereocenters. The van der Waals surface area contributed by atoms with E-state index >= 15 is 0 Å². The molecule has 0 amide bonds. The van der Waals surface area contributed by atoms with Crippen LogP contribution < -0.4 is 14.2 Å². The van der Waals surface area contributed by atoms with Crippen molar-refractivity contribution in [3.63, 3.8) is 0 Å². The van der Waals surface area contributed by atoms with E-state index in [1.807, 2.05) is 25.1 Å². The summed E-state index contributed by atoms with van der Waals surface area (Å²) in [6.07, 6.45) is 0. The third-order valence-corrected chi connectivity index (χ3v) is 1.83. The Kier molecular flexibility index (Phi) is 2.25. The second kappa shape index (κ2) is 3.56. The van der Waals surface area contributed by atoms with Crippen molar-refractivity contribution >= 4 is 0 Å². The molecule has 1 aromatic rings. The predicted octanol–water partition coefficient (Wildman–Crippen LogP) is 1.86. The minimum Gasteiger partial charge on any atom is -0.490 e. The average molecular weight is 180 g/mol. The third-order valence-electron chi connectivity index (χ3n) is 1.83. The maximum Gasteiger partial charge on any atom is 0.203 e. The van der Waals surface area contributed by atoms with E-state index in [1.54, 1.807) is 0 Å². The molecule has 3 nitrogen and oxygen atoms in total. The zero-order chi connectivity index (χ0) is 9.10. The molecular weight excluding hydrogens is 168 g/mol. The molecule has 0 aliphatic carbocycles. The van der Waals surface area contributed by atoms with E-state index in [2.05, 4.69) is 0 Å². The Morgan fingerprint density at radius 1 is 1.31 bits per heavy atom. The van der Waals surface area contributed by atoms with Crippen LogP contribution in [0.3, 0.4) is 0 Å². The first-order chi connectivity index (χ1) is 6.42. The normalized spacial score (nSPS) is 13.9. The number of rotatable bonds is 2. The van der Waals surface area contributed by atoms with E-state index in [-0.39, 0.29) is 0 Å². The van der Waals surface area contributed by atoms with Crippen LogP contribution in [0.15, 0.2) is 18.2 Å². The fourth-order valence-electron chi connectivity index (χ4n) is 1.32. The molecule has 70 valence electrons. The highest BCUT2D eigenvalue weighted by atomic mass is 16.6. The van der Waals surface area contributed by atoms with Gasteiger partial charge in [-0.3, -0.25) is 0 Å². The predicted molar refractivity (Wildman–Crippen MR) is 48.6 cm³/mol. The third kappa shape index (κ3) is 1.54. The molecule has 13 heavy (non-hydrogen) atoms. The minimum absolute atomic E-state index is 0.594. The van der Waals surface area contributed by atoms with Gasteiger partial charge >= 0.3 is 0 Å². The van der Waals surface area contributed by atoms with Gasteiger partial charge in [0.25, 0.3) is 0 Å². The largest absolute Gasteiger partial charge is 0.490 e. The van der Waals surface area contributed by atoms with Crippen LogP contribution in [-0.2, 0) is 0 Å². The van der Waals surface area contributed by atoms with Gasteiger partial charge in [0.1, 0.15) is 13.2 Å². The lowest BCUT2D eigenvalue weighted by Crippen LogP contribution is -2.16. The first kappa shape index (κ1) is 8.23. The van der Waals surface area contributed by atoms with Crippen molar-refractivity contribution in [1.82, 2.24) is 0 Å². The van der Waals surface area contributed by atoms with Crippen molar-refractivity contribution in [3.05, 3.63) is 18.2 Å². The van der Waals surface area contributed by atoms with Crippen LogP contribution in [0.4, 0.5) is 0 Å². The van der Waals surface area contributed by atoms with E-state index in [1.165, 1.54) is 0 Å². The molecule has 0 saturated heterocycles. The van der Waals surface area contributed by atoms with Gasteiger partial charge in [0.05, 0.1) is 6.61 Å². The molecule has 1 aromatic carbocycles. The summed E-state index contributed by atoms with van der Waals surface area (Å²) in [5, 5.41) is 0. The SMILES string of the molecule is CCOc1cccc2c1OCCO2. The highest BCUT2D eigenvalue weighted by Crippen LogP contribution is 2.38. The van der Waals surface area contributed by atoms with Gasteiger partial charge in [-0.15, -0.1) is 0 Å². The highest BCUT2D eigenvalue weighted by Gasteiger charge is 2.15. The Bertz CT molecular complexity index is 296. The second-order valence-corrected chi connectivity index (χ2v) is 2.71. The quantitative estimate of drug-likeness (QED) is 0.695. The lowest BCUT2D eigenvalue weighted by Gasteiger charge is -2.20. The van der Waals surface area contributed by atoms with Crippen molar-refractivity contribution < 1.29 is 14.2 Å². The lowest BCUT2D eigenvalue weighted by atomic mass is 10.3. The summed E-state index contributed by atoms with van der Waals surface area (Å²) in [5.41, 5.74) is 0. The topological polar surface area (TPSA) is 27.7 Å². The van der Waals surface area contributed by atoms with E-state index in [0.29, 0.717) is 19.8 Å². The Morgan fingerprint density at radius 2 is 2.15 bits per heavy atom. The Morgan fingerprint density at radius 3 is 3.00 bits per heavy atom. The molecule has 0 aromatic heterocycles. The first-order valence-electron chi connectivity index (χ1n) is 4.43. The summed E-state index contributed by atoms with van der Waals surface area (Å²) < 4.78 is 16.3. The number of ether oxygens (including phenoxy) is 3. The molecule has 0 saturated carbocycles. The van der Waals surface area contributed by atoms with Gasteiger partial charge in [-0.25, -0.2) is 0 Å². The number of hydrogen-bond donors (Lipinski definition) is 0. The smallest absolute Gasteiger partial charge is 0.203 e. The van der Waals surface area contributed by atoms with Crippen molar-refractivity contribution in [3.8, 4) is 17.2 Å². The first-order valence-corrected chi connectivity index (χ1v) is 4.43. The summed E-state index contributed by atoms with van der Waals surface area (Å²) in [6.45, 7) is 3.79. The van der Waals surface area contributed by atoms with E-state index in [9.17, 15) is 0 Å². The Hall–Kier alpha value is -1.38. The summed E-state index contributed by atoms with van der Waals surface area (Å²) in [5.74, 6) is 2.27. The number of hydrogen-bond acceptors (Lipinski definition) is 3. The average Bonchev–Trinajstić information content (AvgIpc) is 2.19. The van der Waals surface area contributed by atoms with Gasteiger partial charge in [0, 0.05) is 0 Å². The number of para-hydroxylation sites is 1. The molecule has 2 rings (SSSR count). The second-order valence-electron chi connectivity index (χ2n) is 2.71. The molecule has 0 bridgehead atoms. The molecule has 1 aliphatic heterocycles. The van der Waals surface area contributed by atoms with Crippen LogP contribution in [0.5, 0.6) is 17.2 Å². The van der Waals surface area contributed by atoms with Crippen molar-refractivity contribution in [1.29, 1.82) is 0 Å². The van der Waals surface area contributed by atoms with Gasteiger partial charge in [0.15, 0.2) is 11.5 Å². The standard InChI is InChI=1S/C10H12O3/c1-2-11-8-4-3-5-9-10(8)13-7-6-12-9/h3-5H,2,6-7H2,1H3. The molecular formula is C10H12O3. The molecule has 0 unspecified atom stereocenters. The summed E-state index contributed by atoms with van der Waals surface area (Å²) in [6, 6.07) is 5.67. The zero-order valence-electron chi connectivity index (χ0n) is 7.58. The maximum atomic E-state index is 5.46. The van der Waals surface area contributed by atoms with Gasteiger partial charge in [-0.2, -0.15) is 0 Å². The van der Waals surface area contributed by atoms with Gasteiger partial charge in [0.2, 0.25) is 5.75 Å². The van der Waals surface area contributed by atoms with Gasteiger partial charge in [-0.05, 0) is 19.1 Å². The number of benzene rings is 1. The van der Waals surface area contributed by atoms with Crippen molar-refractivity contribution in [2.24, 2.45) is 0 Å². The molecule has 1 heterocycles. The van der Waals surface area contributed by atoms with Crippen molar-refractivity contribution in [2.45, 2.75) is 6.92 Å². The molecule has 1 aliphatic rings. The summed E-state index contributed by atoms with van der Waals surface area (Å²) in [4.78, 5) is 0. The molecule has 0 radical (unpaired) electrons. The van der Waals surface area contributed by atoms with Crippen LogP contribution >= 0.6 is 0 Å². The van der Waals surface area contributed by atoms with Crippen LogP contribution in [0, 0.1) is 0 Å². The number of fused-ring (bicyclic) bond motifs is 1. The maximum absolute atomic E-state index is 5.46. The lowest BCUT2D eigenvalue weighted by molar-refractivity contribution is 0.163. The Balaban J connectivity index is 2.34.